The summed E-state index contributed by atoms with van der Waals surface area (Å²) in [6.07, 6.45) is 51.4. The number of rotatable bonds is 47. The number of esters is 1. The first-order valence-corrected chi connectivity index (χ1v) is 25.9. The van der Waals surface area contributed by atoms with Crippen molar-refractivity contribution in [1.82, 2.24) is 5.32 Å². The van der Waals surface area contributed by atoms with Crippen molar-refractivity contribution in [2.24, 2.45) is 0 Å². The van der Waals surface area contributed by atoms with E-state index in [0.29, 0.717) is 19.3 Å². The molecule has 0 aliphatic carbocycles. The molecule has 0 bridgehead atoms. The summed E-state index contributed by atoms with van der Waals surface area (Å²) in [5, 5.41) is 23.7. The molecule has 3 N–H and O–H groups in total. The summed E-state index contributed by atoms with van der Waals surface area (Å²) < 4.78 is 5.90. The molecule has 0 rings (SSSR count). The van der Waals surface area contributed by atoms with Crippen molar-refractivity contribution in [1.29, 1.82) is 0 Å². The molecule has 0 aliphatic heterocycles. The van der Waals surface area contributed by atoms with Gasteiger partial charge in [-0.25, -0.2) is 0 Å². The third-order valence-corrected chi connectivity index (χ3v) is 12.1. The number of aliphatic hydroxyl groups excluding tert-OH is 2. The van der Waals surface area contributed by atoms with Crippen LogP contribution in [-0.4, -0.2) is 46.9 Å². The molecule has 0 saturated carbocycles. The Bertz CT molecular complexity index is 878. The minimum absolute atomic E-state index is 0.0813. The van der Waals surface area contributed by atoms with Gasteiger partial charge in [0.15, 0.2) is 0 Å². The quantitative estimate of drug-likeness (QED) is 0.0323. The average Bonchev–Trinajstić information content (AvgIpc) is 3.21. The number of hydrogen-bond donors (Lipinski definition) is 3. The average molecular weight is 820 g/mol. The number of nitrogens with one attached hydrogen (secondary N) is 1. The Balaban J connectivity index is 4.32. The lowest BCUT2D eigenvalue weighted by Crippen LogP contribution is -2.46. The molecule has 3 atom stereocenters. The molecule has 0 radical (unpaired) electrons. The van der Waals surface area contributed by atoms with Crippen LogP contribution in [0.1, 0.15) is 284 Å². The number of ether oxygens (including phenoxy) is 1. The van der Waals surface area contributed by atoms with Crippen LogP contribution in [0.25, 0.3) is 0 Å². The van der Waals surface area contributed by atoms with Crippen molar-refractivity contribution in [3.05, 3.63) is 12.2 Å². The van der Waals surface area contributed by atoms with Gasteiger partial charge in [0.2, 0.25) is 5.91 Å². The van der Waals surface area contributed by atoms with Crippen molar-refractivity contribution < 1.29 is 24.5 Å². The van der Waals surface area contributed by atoms with E-state index in [0.717, 1.165) is 44.9 Å². The molecule has 0 heterocycles. The topological polar surface area (TPSA) is 95.9 Å². The third kappa shape index (κ3) is 41.3. The molecule has 58 heavy (non-hydrogen) atoms. The van der Waals surface area contributed by atoms with Gasteiger partial charge in [0.25, 0.3) is 0 Å². The number of unbranched alkanes of at least 4 members (excludes halogenated alkanes) is 33. The number of aliphatic hydroxyl groups is 2. The monoisotopic (exact) mass is 820 g/mol. The molecule has 6 heteroatoms. The Kier molecular flexibility index (Phi) is 45.5. The van der Waals surface area contributed by atoms with Gasteiger partial charge in [0.1, 0.15) is 6.10 Å². The van der Waals surface area contributed by atoms with Gasteiger partial charge in [-0.1, -0.05) is 232 Å². The lowest BCUT2D eigenvalue weighted by atomic mass is 10.0. The van der Waals surface area contributed by atoms with Gasteiger partial charge in [-0.2, -0.15) is 0 Å². The minimum atomic E-state index is -0.781. The van der Waals surface area contributed by atoms with E-state index in [1.165, 1.54) is 193 Å². The van der Waals surface area contributed by atoms with Gasteiger partial charge in [-0.15, -0.1) is 0 Å². The van der Waals surface area contributed by atoms with Crippen molar-refractivity contribution in [2.75, 3.05) is 6.61 Å². The number of hydrogen-bond acceptors (Lipinski definition) is 5. The number of carbonyl (C=O) groups excluding carboxylic acids is 2. The van der Waals surface area contributed by atoms with Crippen LogP contribution in [0.4, 0.5) is 0 Å². The predicted octanol–water partition coefficient (Wildman–Crippen LogP) is 15.3. The van der Waals surface area contributed by atoms with Gasteiger partial charge in [-0.05, 0) is 51.4 Å². The molecule has 3 unspecified atom stereocenters. The lowest BCUT2D eigenvalue weighted by Gasteiger charge is -2.24. The minimum Gasteiger partial charge on any atom is -0.462 e. The number of carbonyl (C=O) groups is 2. The molecular weight excluding hydrogens is 719 g/mol. The van der Waals surface area contributed by atoms with E-state index in [1.54, 1.807) is 0 Å². The molecule has 0 spiro atoms. The Hall–Kier alpha value is -1.40. The SMILES string of the molecule is CCCCCCCC/C=C/CCCCCCCCCC(=O)OC(CCCCCCCCC)CC(=O)NC(CO)C(O)CCCCCCCCCCCCCCCCC. The number of amides is 1. The van der Waals surface area contributed by atoms with Crippen molar-refractivity contribution in [3.8, 4) is 0 Å². The fourth-order valence-electron chi connectivity index (χ4n) is 8.13. The van der Waals surface area contributed by atoms with Crippen molar-refractivity contribution >= 4 is 11.9 Å². The summed E-state index contributed by atoms with van der Waals surface area (Å²) in [6, 6.07) is -0.694. The molecule has 0 fully saturated rings. The van der Waals surface area contributed by atoms with Gasteiger partial charge in [0.05, 0.1) is 25.2 Å². The van der Waals surface area contributed by atoms with Crippen LogP contribution in [0.15, 0.2) is 12.2 Å². The molecule has 6 nitrogen and oxygen atoms in total. The summed E-state index contributed by atoms with van der Waals surface area (Å²) in [7, 11) is 0. The van der Waals surface area contributed by atoms with Gasteiger partial charge >= 0.3 is 5.97 Å². The van der Waals surface area contributed by atoms with Gasteiger partial charge in [-0.3, -0.25) is 9.59 Å². The summed E-state index contributed by atoms with van der Waals surface area (Å²) in [6.45, 7) is 6.47. The van der Waals surface area contributed by atoms with Crippen molar-refractivity contribution in [2.45, 2.75) is 302 Å². The lowest BCUT2D eigenvalue weighted by molar-refractivity contribution is -0.151. The summed E-state index contributed by atoms with van der Waals surface area (Å²) in [4.78, 5) is 26.0. The van der Waals surface area contributed by atoms with Crippen LogP contribution in [0.3, 0.4) is 0 Å². The first kappa shape index (κ1) is 56.6. The third-order valence-electron chi connectivity index (χ3n) is 12.1. The molecule has 0 aliphatic rings. The van der Waals surface area contributed by atoms with Crippen LogP contribution in [0, 0.1) is 0 Å². The second-order valence-corrected chi connectivity index (χ2v) is 17.9. The molecule has 0 aromatic rings. The highest BCUT2D eigenvalue weighted by Gasteiger charge is 2.24. The first-order chi connectivity index (χ1) is 28.5. The van der Waals surface area contributed by atoms with Crippen LogP contribution >= 0.6 is 0 Å². The molecule has 1 amide bonds. The smallest absolute Gasteiger partial charge is 0.306 e. The highest BCUT2D eigenvalue weighted by molar-refractivity contribution is 5.77. The van der Waals surface area contributed by atoms with Crippen LogP contribution in [0.5, 0.6) is 0 Å². The second kappa shape index (κ2) is 46.7. The van der Waals surface area contributed by atoms with E-state index >= 15 is 0 Å². The van der Waals surface area contributed by atoms with E-state index in [4.69, 9.17) is 4.74 Å². The molecule has 0 aromatic heterocycles. The Morgan fingerprint density at radius 1 is 0.483 bits per heavy atom. The molecule has 0 saturated heterocycles. The van der Waals surface area contributed by atoms with Gasteiger partial charge < -0.3 is 20.3 Å². The zero-order valence-electron chi connectivity index (χ0n) is 39.2. The maximum atomic E-state index is 13.1. The predicted molar refractivity (Wildman–Crippen MR) is 250 cm³/mol. The van der Waals surface area contributed by atoms with E-state index in [1.807, 2.05) is 0 Å². The molecular formula is C52H101NO5. The molecule has 0 aromatic carbocycles. The van der Waals surface area contributed by atoms with Crippen LogP contribution in [-0.2, 0) is 14.3 Å². The fraction of sp³-hybridized carbons (Fsp3) is 0.923. The summed E-state index contributed by atoms with van der Waals surface area (Å²) in [5.74, 6) is -0.468. The zero-order valence-corrected chi connectivity index (χ0v) is 39.2. The number of allylic oxidation sites excluding steroid dienone is 2. The fourth-order valence-corrected chi connectivity index (χ4v) is 8.13. The Morgan fingerprint density at radius 3 is 1.22 bits per heavy atom. The zero-order chi connectivity index (χ0) is 42.4. The second-order valence-electron chi connectivity index (χ2n) is 17.9. The van der Waals surface area contributed by atoms with Crippen molar-refractivity contribution in [3.63, 3.8) is 0 Å². The van der Waals surface area contributed by atoms with E-state index in [2.05, 4.69) is 38.2 Å². The Labute approximate surface area is 361 Å². The van der Waals surface area contributed by atoms with E-state index in [-0.39, 0.29) is 24.9 Å². The van der Waals surface area contributed by atoms with Crippen LogP contribution in [0.2, 0.25) is 0 Å². The molecule has 344 valence electrons. The summed E-state index contributed by atoms with van der Waals surface area (Å²) in [5.41, 5.74) is 0. The summed E-state index contributed by atoms with van der Waals surface area (Å²) >= 11 is 0. The van der Waals surface area contributed by atoms with E-state index < -0.39 is 18.2 Å². The highest BCUT2D eigenvalue weighted by atomic mass is 16.5. The van der Waals surface area contributed by atoms with E-state index in [9.17, 15) is 19.8 Å². The Morgan fingerprint density at radius 2 is 0.828 bits per heavy atom. The maximum absolute atomic E-state index is 13.1. The first-order valence-electron chi connectivity index (χ1n) is 25.9. The standard InChI is InChI=1S/C52H101NO5/c1-4-7-10-13-16-18-20-22-24-25-27-29-31-33-36-39-42-45-52(57)58-48(43-40-37-34-15-12-9-6-3)46-51(56)53-49(47-54)50(55)44-41-38-35-32-30-28-26-23-21-19-17-14-11-8-5-2/h22,24,48-50,54-55H,4-21,23,25-47H2,1-3H3,(H,53,56)/b24-22+. The van der Waals surface area contributed by atoms with Gasteiger partial charge in [0, 0.05) is 6.42 Å². The largest absolute Gasteiger partial charge is 0.462 e. The van der Waals surface area contributed by atoms with Crippen LogP contribution < -0.4 is 5.32 Å². The normalized spacial score (nSPS) is 13.3. The maximum Gasteiger partial charge on any atom is 0.306 e. The highest BCUT2D eigenvalue weighted by Crippen LogP contribution is 2.18.